The van der Waals surface area contributed by atoms with Gasteiger partial charge in [0.05, 0.1) is 5.92 Å². The van der Waals surface area contributed by atoms with Gasteiger partial charge in [-0.2, -0.15) is 0 Å². The van der Waals surface area contributed by atoms with Crippen molar-refractivity contribution >= 4 is 12.9 Å². The number of nitrogens with one attached hydrogen (secondary N) is 1. The molecule has 0 saturated carbocycles. The van der Waals surface area contributed by atoms with E-state index >= 15 is 0 Å². The van der Waals surface area contributed by atoms with Crippen LogP contribution in [0.3, 0.4) is 0 Å². The maximum atomic E-state index is 12.2. The maximum Gasteiger partial charge on any atom is 1.00 e. The van der Waals surface area contributed by atoms with Crippen molar-refractivity contribution in [1.29, 1.82) is 0 Å². The van der Waals surface area contributed by atoms with Gasteiger partial charge in [0.1, 0.15) is 0 Å². The van der Waals surface area contributed by atoms with Crippen LogP contribution in [0.25, 0.3) is 0 Å². The Morgan fingerprint density at radius 3 is 2.62 bits per heavy atom. The predicted octanol–water partition coefficient (Wildman–Crippen LogP) is -2.16. The molecule has 1 heterocycles. The third-order valence-corrected chi connectivity index (χ3v) is 2.59. The van der Waals surface area contributed by atoms with Gasteiger partial charge in [-0.25, -0.2) is 0 Å². The number of hydrogen-bond donors (Lipinski definition) is 1. The van der Waals surface area contributed by atoms with E-state index in [0.29, 0.717) is 19.4 Å². The Kier molecular flexibility index (Phi) is 7.80. The Balaban J connectivity index is 0.00000225. The van der Waals surface area contributed by atoms with Crippen molar-refractivity contribution in [2.24, 2.45) is 5.92 Å². The van der Waals surface area contributed by atoms with Gasteiger partial charge in [0.25, 0.3) is 0 Å². The second-order valence-corrected chi connectivity index (χ2v) is 3.92. The summed E-state index contributed by atoms with van der Waals surface area (Å²) in [6, 6.07) is 0. The zero-order valence-corrected chi connectivity index (χ0v) is 12.8. The van der Waals surface area contributed by atoms with Gasteiger partial charge in [-0.1, -0.05) is 0 Å². The minimum atomic E-state index is -4.78. The quantitative estimate of drug-likeness (QED) is 0.587. The summed E-state index contributed by atoms with van der Waals surface area (Å²) in [5.41, 5.74) is 0. The van der Waals surface area contributed by atoms with Gasteiger partial charge in [-0.15, -0.1) is 0 Å². The van der Waals surface area contributed by atoms with E-state index in [1.54, 1.807) is 0 Å². The molecule has 3 nitrogen and oxygen atoms in total. The Hall–Kier alpha value is 0.921. The van der Waals surface area contributed by atoms with E-state index in [1.807, 2.05) is 0 Å². The summed E-state index contributed by atoms with van der Waals surface area (Å²) in [5.74, 6) is -0.448. The predicted molar refractivity (Wildman–Crippen MR) is 52.3 cm³/mol. The van der Waals surface area contributed by atoms with Crippen LogP contribution >= 0.6 is 0 Å². The van der Waals surface area contributed by atoms with Gasteiger partial charge < -0.3 is 23.2 Å². The van der Waals surface area contributed by atoms with Crippen molar-refractivity contribution in [3.05, 3.63) is 0 Å². The molecule has 0 aromatic heterocycles. The SMILES string of the molecule is CNC(=O)C1CCCN(C[B-](F)(F)F)C1.[K+]. The standard InChI is InChI=1S/C8H15BF3N2O.K/c1-13-8(15)7-3-2-4-14(5-7)6-9(10,11)12;/h7H,2-6H2,1H3,(H,13,15);/q-1;+1. The Morgan fingerprint density at radius 2 is 2.12 bits per heavy atom. The molecule has 1 unspecified atom stereocenters. The summed E-state index contributed by atoms with van der Waals surface area (Å²) >= 11 is 0. The molecule has 1 saturated heterocycles. The van der Waals surface area contributed by atoms with Crippen molar-refractivity contribution < 1.29 is 69.1 Å². The number of carbonyl (C=O) groups excluding carboxylic acids is 1. The van der Waals surface area contributed by atoms with Crippen LogP contribution in [0.15, 0.2) is 0 Å². The summed E-state index contributed by atoms with van der Waals surface area (Å²) < 4.78 is 36.5. The molecule has 1 fully saturated rings. The first kappa shape index (κ1) is 16.9. The minimum absolute atomic E-state index is 0. The molecule has 16 heavy (non-hydrogen) atoms. The summed E-state index contributed by atoms with van der Waals surface area (Å²) in [6.45, 7) is -4.12. The summed E-state index contributed by atoms with van der Waals surface area (Å²) in [5, 5.41) is 2.48. The maximum absolute atomic E-state index is 12.2. The van der Waals surface area contributed by atoms with E-state index in [1.165, 1.54) is 11.9 Å². The molecule has 0 bridgehead atoms. The van der Waals surface area contributed by atoms with Gasteiger partial charge in [-0.3, -0.25) is 4.79 Å². The van der Waals surface area contributed by atoms with Crippen LogP contribution < -0.4 is 56.7 Å². The summed E-state index contributed by atoms with van der Waals surface area (Å²) in [4.78, 5) is 12.6. The topological polar surface area (TPSA) is 32.3 Å². The Morgan fingerprint density at radius 1 is 1.50 bits per heavy atom. The van der Waals surface area contributed by atoms with Gasteiger partial charge >= 0.3 is 58.4 Å². The molecular formula is C8H15BF3KN2O. The molecule has 1 N–H and O–H groups in total. The number of hydrogen-bond acceptors (Lipinski definition) is 2. The van der Waals surface area contributed by atoms with E-state index in [2.05, 4.69) is 5.32 Å². The third kappa shape index (κ3) is 6.02. The number of likely N-dealkylation sites (tertiary alicyclic amines) is 1. The monoisotopic (exact) mass is 262 g/mol. The van der Waals surface area contributed by atoms with Crippen LogP contribution in [0, 0.1) is 5.92 Å². The fourth-order valence-electron chi connectivity index (χ4n) is 1.93. The molecular weight excluding hydrogens is 247 g/mol. The van der Waals surface area contributed by atoms with Gasteiger partial charge in [0.2, 0.25) is 5.91 Å². The number of carbonyl (C=O) groups is 1. The van der Waals surface area contributed by atoms with Crippen LogP contribution in [-0.2, 0) is 4.79 Å². The average Bonchev–Trinajstić information content (AvgIpc) is 2.14. The van der Waals surface area contributed by atoms with Crippen molar-refractivity contribution in [2.75, 3.05) is 26.6 Å². The molecule has 0 radical (unpaired) electrons. The summed E-state index contributed by atoms with van der Waals surface area (Å²) in [6.07, 6.45) is 0.485. The first-order chi connectivity index (χ1) is 6.92. The molecule has 0 aliphatic carbocycles. The molecule has 1 atom stereocenters. The van der Waals surface area contributed by atoms with Crippen molar-refractivity contribution in [1.82, 2.24) is 10.2 Å². The first-order valence-electron chi connectivity index (χ1n) is 5.07. The van der Waals surface area contributed by atoms with E-state index in [0.717, 1.165) is 0 Å². The van der Waals surface area contributed by atoms with Crippen LogP contribution in [0.1, 0.15) is 12.8 Å². The smallest absolute Gasteiger partial charge is 0.448 e. The largest absolute Gasteiger partial charge is 1.00 e. The zero-order valence-electron chi connectivity index (χ0n) is 9.68. The van der Waals surface area contributed by atoms with Crippen LogP contribution in [0.4, 0.5) is 12.9 Å². The van der Waals surface area contributed by atoms with Crippen molar-refractivity contribution in [2.45, 2.75) is 12.8 Å². The molecule has 0 aromatic rings. The van der Waals surface area contributed by atoms with Gasteiger partial charge in [0, 0.05) is 13.6 Å². The normalized spacial score (nSPS) is 22.4. The van der Waals surface area contributed by atoms with Crippen molar-refractivity contribution in [3.8, 4) is 0 Å². The molecule has 1 aliphatic rings. The average molecular weight is 262 g/mol. The minimum Gasteiger partial charge on any atom is -0.448 e. The fourth-order valence-corrected chi connectivity index (χ4v) is 1.93. The van der Waals surface area contributed by atoms with Crippen LogP contribution in [0.5, 0.6) is 0 Å². The second-order valence-electron chi connectivity index (χ2n) is 3.92. The molecule has 88 valence electrons. The van der Waals surface area contributed by atoms with E-state index in [9.17, 15) is 17.7 Å². The Bertz CT molecular complexity index is 240. The summed E-state index contributed by atoms with van der Waals surface area (Å²) in [7, 11) is 1.51. The fraction of sp³-hybridized carbons (Fsp3) is 0.875. The Labute approximate surface area is 136 Å². The van der Waals surface area contributed by atoms with Crippen molar-refractivity contribution in [3.63, 3.8) is 0 Å². The number of nitrogens with zero attached hydrogens (tertiary/aromatic N) is 1. The van der Waals surface area contributed by atoms with Gasteiger partial charge in [0.15, 0.2) is 0 Å². The number of piperidine rings is 1. The van der Waals surface area contributed by atoms with Crippen LogP contribution in [0.2, 0.25) is 0 Å². The zero-order chi connectivity index (χ0) is 11.5. The van der Waals surface area contributed by atoms with Crippen LogP contribution in [-0.4, -0.2) is 44.4 Å². The number of amides is 1. The van der Waals surface area contributed by atoms with E-state index < -0.39 is 13.4 Å². The van der Waals surface area contributed by atoms with E-state index in [4.69, 9.17) is 0 Å². The first-order valence-corrected chi connectivity index (χ1v) is 5.07. The molecule has 1 amide bonds. The number of rotatable bonds is 3. The number of halogens is 3. The second kappa shape index (κ2) is 7.38. The third-order valence-electron chi connectivity index (χ3n) is 2.59. The molecule has 0 spiro atoms. The van der Waals surface area contributed by atoms with E-state index in [-0.39, 0.29) is 69.8 Å². The molecule has 8 heteroatoms. The molecule has 0 aromatic carbocycles. The van der Waals surface area contributed by atoms with Gasteiger partial charge in [-0.05, 0) is 25.8 Å². The molecule has 1 aliphatic heterocycles. The molecule has 1 rings (SSSR count).